The second-order valence-corrected chi connectivity index (χ2v) is 4.65. The summed E-state index contributed by atoms with van der Waals surface area (Å²) in [6, 6.07) is 8.77. The minimum Gasteiger partial charge on any atom is -0.327 e. The number of rotatable bonds is 1. The van der Waals surface area contributed by atoms with Crippen LogP contribution in [0.3, 0.4) is 0 Å². The van der Waals surface area contributed by atoms with Crippen LogP contribution in [-0.2, 0) is 5.41 Å². The Morgan fingerprint density at radius 3 is 2.75 bits per heavy atom. The van der Waals surface area contributed by atoms with Crippen molar-refractivity contribution in [2.24, 2.45) is 5.73 Å². The van der Waals surface area contributed by atoms with E-state index in [-0.39, 0.29) is 5.41 Å². The van der Waals surface area contributed by atoms with Gasteiger partial charge in [-0.1, -0.05) is 35.0 Å². The molecule has 0 saturated heterocycles. The SMILES string of the molecule is CC1(c2cccc(Br)c2)C[C@H]1N. The van der Waals surface area contributed by atoms with Crippen LogP contribution in [-0.4, -0.2) is 6.04 Å². The summed E-state index contributed by atoms with van der Waals surface area (Å²) >= 11 is 3.46. The molecule has 1 unspecified atom stereocenters. The predicted molar refractivity (Wildman–Crippen MR) is 54.1 cm³/mol. The van der Waals surface area contributed by atoms with Gasteiger partial charge >= 0.3 is 0 Å². The van der Waals surface area contributed by atoms with E-state index in [1.807, 2.05) is 6.07 Å². The average molecular weight is 226 g/mol. The van der Waals surface area contributed by atoms with Gasteiger partial charge in [0, 0.05) is 15.9 Å². The molecule has 1 aromatic carbocycles. The van der Waals surface area contributed by atoms with Gasteiger partial charge in [-0.25, -0.2) is 0 Å². The standard InChI is InChI=1S/C10H12BrN/c1-10(6-9(10)12)7-3-2-4-8(11)5-7/h2-5,9H,6,12H2,1H3/t9-,10?/m1/s1. The molecule has 0 heterocycles. The molecule has 0 aromatic heterocycles. The Labute approximate surface area is 81.1 Å². The highest BCUT2D eigenvalue weighted by Gasteiger charge is 2.48. The zero-order valence-electron chi connectivity index (χ0n) is 7.05. The number of hydrogen-bond acceptors (Lipinski definition) is 1. The Balaban J connectivity index is 2.36. The van der Waals surface area contributed by atoms with E-state index in [9.17, 15) is 0 Å². The van der Waals surface area contributed by atoms with Gasteiger partial charge < -0.3 is 5.73 Å². The van der Waals surface area contributed by atoms with Gasteiger partial charge in [-0.05, 0) is 24.1 Å². The molecule has 1 fully saturated rings. The number of hydrogen-bond donors (Lipinski definition) is 1. The van der Waals surface area contributed by atoms with Crippen LogP contribution in [0.1, 0.15) is 18.9 Å². The number of benzene rings is 1. The van der Waals surface area contributed by atoms with Crippen LogP contribution in [0.15, 0.2) is 28.7 Å². The molecule has 2 N–H and O–H groups in total. The van der Waals surface area contributed by atoms with Crippen molar-refractivity contribution in [1.29, 1.82) is 0 Å². The second-order valence-electron chi connectivity index (χ2n) is 3.74. The van der Waals surface area contributed by atoms with E-state index in [2.05, 4.69) is 41.1 Å². The van der Waals surface area contributed by atoms with Crippen molar-refractivity contribution >= 4 is 15.9 Å². The van der Waals surface area contributed by atoms with E-state index in [0.29, 0.717) is 6.04 Å². The van der Waals surface area contributed by atoms with Crippen LogP contribution < -0.4 is 5.73 Å². The molecule has 2 rings (SSSR count). The summed E-state index contributed by atoms with van der Waals surface area (Å²) in [5.41, 5.74) is 7.46. The molecule has 0 bridgehead atoms. The Kier molecular flexibility index (Phi) is 1.77. The van der Waals surface area contributed by atoms with Gasteiger partial charge in [-0.2, -0.15) is 0 Å². The Morgan fingerprint density at radius 2 is 2.25 bits per heavy atom. The van der Waals surface area contributed by atoms with Gasteiger partial charge in [0.2, 0.25) is 0 Å². The Hall–Kier alpha value is -0.340. The third-order valence-corrected chi connectivity index (χ3v) is 3.28. The van der Waals surface area contributed by atoms with Crippen LogP contribution in [0.2, 0.25) is 0 Å². The second kappa shape index (κ2) is 2.57. The van der Waals surface area contributed by atoms with Gasteiger partial charge in [-0.3, -0.25) is 0 Å². The van der Waals surface area contributed by atoms with Crippen molar-refractivity contribution in [3.8, 4) is 0 Å². The van der Waals surface area contributed by atoms with E-state index < -0.39 is 0 Å². The van der Waals surface area contributed by atoms with Crippen LogP contribution in [0.5, 0.6) is 0 Å². The summed E-state index contributed by atoms with van der Waals surface area (Å²) in [4.78, 5) is 0. The summed E-state index contributed by atoms with van der Waals surface area (Å²) in [5, 5.41) is 0. The molecule has 2 heteroatoms. The lowest BCUT2D eigenvalue weighted by atomic mass is 9.98. The third kappa shape index (κ3) is 1.19. The van der Waals surface area contributed by atoms with Crippen molar-refractivity contribution in [2.45, 2.75) is 24.8 Å². The molecule has 1 aromatic rings. The van der Waals surface area contributed by atoms with Crippen LogP contribution in [0.25, 0.3) is 0 Å². The van der Waals surface area contributed by atoms with Gasteiger partial charge in [-0.15, -0.1) is 0 Å². The van der Waals surface area contributed by atoms with Crippen molar-refractivity contribution in [3.63, 3.8) is 0 Å². The van der Waals surface area contributed by atoms with Crippen molar-refractivity contribution < 1.29 is 0 Å². The first kappa shape index (κ1) is 8.27. The Morgan fingerprint density at radius 1 is 1.58 bits per heavy atom. The average Bonchev–Trinajstić information content (AvgIpc) is 2.61. The lowest BCUT2D eigenvalue weighted by Gasteiger charge is -2.09. The molecule has 1 aliphatic carbocycles. The Bertz CT molecular complexity index is 310. The van der Waals surface area contributed by atoms with Crippen molar-refractivity contribution in [2.75, 3.05) is 0 Å². The lowest BCUT2D eigenvalue weighted by Crippen LogP contribution is -2.14. The van der Waals surface area contributed by atoms with Crippen LogP contribution in [0.4, 0.5) is 0 Å². The molecule has 12 heavy (non-hydrogen) atoms. The molecule has 1 saturated carbocycles. The fourth-order valence-corrected chi connectivity index (χ4v) is 1.97. The molecular weight excluding hydrogens is 214 g/mol. The van der Waals surface area contributed by atoms with E-state index in [1.165, 1.54) is 5.56 Å². The fraction of sp³-hybridized carbons (Fsp3) is 0.400. The first-order chi connectivity index (χ1) is 5.63. The molecule has 0 amide bonds. The largest absolute Gasteiger partial charge is 0.327 e. The maximum Gasteiger partial charge on any atom is 0.0178 e. The maximum absolute atomic E-state index is 5.87. The highest BCUT2D eigenvalue weighted by molar-refractivity contribution is 9.10. The normalized spacial score (nSPS) is 33.4. The van der Waals surface area contributed by atoms with Gasteiger partial charge in [0.05, 0.1) is 0 Å². The highest BCUT2D eigenvalue weighted by atomic mass is 79.9. The summed E-state index contributed by atoms with van der Waals surface area (Å²) < 4.78 is 1.14. The lowest BCUT2D eigenvalue weighted by molar-refractivity contribution is 0.740. The monoisotopic (exact) mass is 225 g/mol. The van der Waals surface area contributed by atoms with Crippen LogP contribution in [0, 0.1) is 0 Å². The van der Waals surface area contributed by atoms with E-state index in [4.69, 9.17) is 5.73 Å². The van der Waals surface area contributed by atoms with Gasteiger partial charge in [0.15, 0.2) is 0 Å². The number of halogens is 1. The number of nitrogens with two attached hydrogens (primary N) is 1. The molecule has 0 aliphatic heterocycles. The van der Waals surface area contributed by atoms with Gasteiger partial charge in [0.25, 0.3) is 0 Å². The summed E-state index contributed by atoms with van der Waals surface area (Å²) in [5.74, 6) is 0. The molecule has 1 aliphatic rings. The summed E-state index contributed by atoms with van der Waals surface area (Å²) in [6.45, 7) is 2.22. The third-order valence-electron chi connectivity index (χ3n) is 2.79. The molecule has 0 radical (unpaired) electrons. The minimum absolute atomic E-state index is 0.240. The van der Waals surface area contributed by atoms with Gasteiger partial charge in [0.1, 0.15) is 0 Å². The smallest absolute Gasteiger partial charge is 0.0178 e. The first-order valence-electron chi connectivity index (χ1n) is 4.14. The molecule has 1 nitrogen and oxygen atoms in total. The fourth-order valence-electron chi connectivity index (χ4n) is 1.57. The van der Waals surface area contributed by atoms with Crippen molar-refractivity contribution in [3.05, 3.63) is 34.3 Å². The van der Waals surface area contributed by atoms with E-state index in [1.54, 1.807) is 0 Å². The molecule has 64 valence electrons. The van der Waals surface area contributed by atoms with Crippen LogP contribution >= 0.6 is 15.9 Å². The quantitative estimate of drug-likeness (QED) is 0.781. The van der Waals surface area contributed by atoms with Crippen molar-refractivity contribution in [1.82, 2.24) is 0 Å². The molecule has 0 spiro atoms. The highest BCUT2D eigenvalue weighted by Crippen LogP contribution is 2.46. The zero-order chi connectivity index (χ0) is 8.77. The minimum atomic E-state index is 0.240. The van der Waals surface area contributed by atoms with E-state index >= 15 is 0 Å². The van der Waals surface area contributed by atoms with E-state index in [0.717, 1.165) is 10.9 Å². The summed E-state index contributed by atoms with van der Waals surface area (Å²) in [7, 11) is 0. The zero-order valence-corrected chi connectivity index (χ0v) is 8.64. The molecule has 2 atom stereocenters. The maximum atomic E-state index is 5.87. The predicted octanol–water partition coefficient (Wildman–Crippen LogP) is 2.44. The first-order valence-corrected chi connectivity index (χ1v) is 4.94. The summed E-state index contributed by atoms with van der Waals surface area (Å²) in [6.07, 6.45) is 1.11. The topological polar surface area (TPSA) is 26.0 Å². The molecular formula is C10H12BrN.